The molecule has 0 fully saturated rings. The molecule has 84 valence electrons. The van der Waals surface area contributed by atoms with Crippen LogP contribution in [-0.4, -0.2) is 0 Å². The third-order valence-corrected chi connectivity index (χ3v) is 3.89. The van der Waals surface area contributed by atoms with Gasteiger partial charge >= 0.3 is 0 Å². The predicted molar refractivity (Wildman–Crippen MR) is 72.1 cm³/mol. The van der Waals surface area contributed by atoms with E-state index in [4.69, 9.17) is 17.3 Å². The zero-order valence-corrected chi connectivity index (χ0v) is 10.9. The lowest BCUT2D eigenvalue weighted by atomic mass is 10.1. The Labute approximate surface area is 105 Å². The molecule has 2 rings (SSSR count). The number of aryl methyl sites for hydroxylation is 1. The summed E-state index contributed by atoms with van der Waals surface area (Å²) in [7, 11) is 0. The normalized spacial score (nSPS) is 12.8. The third kappa shape index (κ3) is 2.29. The Balaban J connectivity index is 2.42. The lowest BCUT2D eigenvalue weighted by Crippen LogP contribution is -2.05. The molecule has 1 atom stereocenters. The lowest BCUT2D eigenvalue weighted by Gasteiger charge is -2.09. The van der Waals surface area contributed by atoms with Crippen LogP contribution in [0.1, 0.15) is 23.4 Å². The van der Waals surface area contributed by atoms with E-state index in [1.165, 1.54) is 9.75 Å². The maximum atomic E-state index is 6.21. The van der Waals surface area contributed by atoms with Crippen LogP contribution in [0.4, 0.5) is 0 Å². The van der Waals surface area contributed by atoms with Crippen LogP contribution in [0, 0.1) is 6.92 Å². The summed E-state index contributed by atoms with van der Waals surface area (Å²) in [5.41, 5.74) is 7.98. The number of benzene rings is 1. The summed E-state index contributed by atoms with van der Waals surface area (Å²) in [5.74, 6) is 0. The minimum absolute atomic E-state index is 0.0216. The molecule has 1 unspecified atom stereocenters. The molecular formula is C13H14ClNS. The molecule has 0 amide bonds. The largest absolute Gasteiger partial charge is 0.324 e. The molecule has 2 aromatic rings. The van der Waals surface area contributed by atoms with Gasteiger partial charge < -0.3 is 5.73 Å². The van der Waals surface area contributed by atoms with Gasteiger partial charge in [-0.2, -0.15) is 0 Å². The molecule has 16 heavy (non-hydrogen) atoms. The number of thiophene rings is 1. The Kier molecular flexibility index (Phi) is 3.33. The summed E-state index contributed by atoms with van der Waals surface area (Å²) in [6.07, 6.45) is 0. The molecule has 2 N–H and O–H groups in total. The molecule has 0 bridgehead atoms. The smallest absolute Gasteiger partial charge is 0.0460 e. The molecule has 0 aliphatic heterocycles. The van der Waals surface area contributed by atoms with E-state index >= 15 is 0 Å². The summed E-state index contributed by atoms with van der Waals surface area (Å²) < 4.78 is 0. The van der Waals surface area contributed by atoms with E-state index in [2.05, 4.69) is 25.1 Å². The average Bonchev–Trinajstić information content (AvgIpc) is 2.64. The average molecular weight is 252 g/mol. The highest BCUT2D eigenvalue weighted by atomic mass is 35.5. The summed E-state index contributed by atoms with van der Waals surface area (Å²) in [4.78, 5) is 2.55. The standard InChI is InChI=1S/C13H14ClNS/c1-8-3-6-13(16-8)10-4-5-11(9(2)15)12(14)7-10/h3-7,9H,15H2,1-2H3. The molecule has 1 aromatic heterocycles. The number of halogens is 1. The van der Waals surface area contributed by atoms with Crippen LogP contribution in [0.2, 0.25) is 5.02 Å². The summed E-state index contributed by atoms with van der Waals surface area (Å²) in [6, 6.07) is 10.3. The first kappa shape index (κ1) is 11.6. The molecule has 0 saturated carbocycles. The SMILES string of the molecule is Cc1ccc(-c2ccc(C(C)N)c(Cl)c2)s1. The van der Waals surface area contributed by atoms with Gasteiger partial charge in [-0.3, -0.25) is 0 Å². The van der Waals surface area contributed by atoms with Gasteiger partial charge in [0.25, 0.3) is 0 Å². The Bertz CT molecular complexity index is 502. The van der Waals surface area contributed by atoms with Crippen molar-refractivity contribution in [3.63, 3.8) is 0 Å². The number of hydrogen-bond acceptors (Lipinski definition) is 2. The molecular weight excluding hydrogens is 238 g/mol. The highest BCUT2D eigenvalue weighted by molar-refractivity contribution is 7.15. The van der Waals surface area contributed by atoms with Gasteiger partial charge in [0.15, 0.2) is 0 Å². The van der Waals surface area contributed by atoms with Gasteiger partial charge in [-0.05, 0) is 43.2 Å². The molecule has 0 aliphatic carbocycles. The summed E-state index contributed by atoms with van der Waals surface area (Å²) >= 11 is 7.98. The Hall–Kier alpha value is -0.830. The van der Waals surface area contributed by atoms with Crippen molar-refractivity contribution in [1.82, 2.24) is 0 Å². The Morgan fingerprint density at radius 2 is 2.00 bits per heavy atom. The van der Waals surface area contributed by atoms with Gasteiger partial charge in [0.05, 0.1) is 0 Å². The van der Waals surface area contributed by atoms with Crippen molar-refractivity contribution in [3.8, 4) is 10.4 Å². The molecule has 1 heterocycles. The van der Waals surface area contributed by atoms with Crippen LogP contribution in [0.15, 0.2) is 30.3 Å². The van der Waals surface area contributed by atoms with E-state index in [0.717, 1.165) is 16.1 Å². The molecule has 1 nitrogen and oxygen atoms in total. The van der Waals surface area contributed by atoms with Crippen LogP contribution >= 0.6 is 22.9 Å². The Morgan fingerprint density at radius 1 is 1.25 bits per heavy atom. The van der Waals surface area contributed by atoms with E-state index in [1.807, 2.05) is 19.1 Å². The maximum absolute atomic E-state index is 6.21. The first-order chi connectivity index (χ1) is 7.58. The highest BCUT2D eigenvalue weighted by Gasteiger charge is 2.07. The van der Waals surface area contributed by atoms with Crippen LogP contribution in [0.3, 0.4) is 0 Å². The van der Waals surface area contributed by atoms with Crippen molar-refractivity contribution in [2.45, 2.75) is 19.9 Å². The van der Waals surface area contributed by atoms with Crippen molar-refractivity contribution < 1.29 is 0 Å². The predicted octanol–water partition coefficient (Wildman–Crippen LogP) is 4.40. The van der Waals surface area contributed by atoms with Gasteiger partial charge in [-0.1, -0.05) is 23.7 Å². The first-order valence-electron chi connectivity index (χ1n) is 5.20. The van der Waals surface area contributed by atoms with Crippen molar-refractivity contribution in [3.05, 3.63) is 45.8 Å². The van der Waals surface area contributed by atoms with Crippen LogP contribution < -0.4 is 5.73 Å². The third-order valence-electron chi connectivity index (χ3n) is 2.52. The fourth-order valence-electron chi connectivity index (χ4n) is 1.64. The van der Waals surface area contributed by atoms with Gasteiger partial charge in [-0.15, -0.1) is 11.3 Å². The second kappa shape index (κ2) is 4.58. The fraction of sp³-hybridized carbons (Fsp3) is 0.231. The Morgan fingerprint density at radius 3 is 2.50 bits per heavy atom. The molecule has 0 saturated heterocycles. The first-order valence-corrected chi connectivity index (χ1v) is 6.39. The molecule has 0 spiro atoms. The minimum Gasteiger partial charge on any atom is -0.324 e. The number of hydrogen-bond donors (Lipinski definition) is 1. The maximum Gasteiger partial charge on any atom is 0.0460 e. The van der Waals surface area contributed by atoms with Gasteiger partial charge in [0.2, 0.25) is 0 Å². The number of nitrogens with two attached hydrogens (primary N) is 1. The van der Waals surface area contributed by atoms with Crippen LogP contribution in [0.25, 0.3) is 10.4 Å². The van der Waals surface area contributed by atoms with Gasteiger partial charge in [0.1, 0.15) is 0 Å². The quantitative estimate of drug-likeness (QED) is 0.841. The topological polar surface area (TPSA) is 26.0 Å². The van der Waals surface area contributed by atoms with Crippen molar-refractivity contribution in [1.29, 1.82) is 0 Å². The van der Waals surface area contributed by atoms with E-state index in [1.54, 1.807) is 11.3 Å². The van der Waals surface area contributed by atoms with Crippen molar-refractivity contribution in [2.75, 3.05) is 0 Å². The van der Waals surface area contributed by atoms with E-state index in [0.29, 0.717) is 0 Å². The van der Waals surface area contributed by atoms with Crippen molar-refractivity contribution >= 4 is 22.9 Å². The molecule has 0 radical (unpaired) electrons. The second-order valence-electron chi connectivity index (χ2n) is 3.94. The van der Waals surface area contributed by atoms with Crippen molar-refractivity contribution in [2.24, 2.45) is 5.73 Å². The fourth-order valence-corrected chi connectivity index (χ4v) is 2.86. The second-order valence-corrected chi connectivity index (χ2v) is 5.63. The zero-order chi connectivity index (χ0) is 11.7. The molecule has 0 aliphatic rings. The van der Waals surface area contributed by atoms with E-state index < -0.39 is 0 Å². The number of rotatable bonds is 2. The van der Waals surface area contributed by atoms with Gasteiger partial charge in [0, 0.05) is 20.8 Å². The van der Waals surface area contributed by atoms with Crippen LogP contribution in [0.5, 0.6) is 0 Å². The minimum atomic E-state index is -0.0216. The lowest BCUT2D eigenvalue weighted by molar-refractivity contribution is 0.819. The monoisotopic (exact) mass is 251 g/mol. The molecule has 1 aromatic carbocycles. The summed E-state index contributed by atoms with van der Waals surface area (Å²) in [5, 5.41) is 0.749. The van der Waals surface area contributed by atoms with Crippen LogP contribution in [-0.2, 0) is 0 Å². The van der Waals surface area contributed by atoms with E-state index in [-0.39, 0.29) is 6.04 Å². The van der Waals surface area contributed by atoms with Gasteiger partial charge in [-0.25, -0.2) is 0 Å². The summed E-state index contributed by atoms with van der Waals surface area (Å²) in [6.45, 7) is 4.04. The zero-order valence-electron chi connectivity index (χ0n) is 9.33. The van der Waals surface area contributed by atoms with E-state index in [9.17, 15) is 0 Å². The highest BCUT2D eigenvalue weighted by Crippen LogP contribution is 2.32. The molecule has 3 heteroatoms.